The summed E-state index contributed by atoms with van der Waals surface area (Å²) in [7, 11) is -3.86. The summed E-state index contributed by atoms with van der Waals surface area (Å²) >= 11 is 5.74. The minimum atomic E-state index is -3.86. The van der Waals surface area contributed by atoms with E-state index in [1.165, 1.54) is 36.1 Å². The van der Waals surface area contributed by atoms with Gasteiger partial charge in [0.15, 0.2) is 0 Å². The van der Waals surface area contributed by atoms with Gasteiger partial charge in [0.1, 0.15) is 0 Å². The average Bonchev–Trinajstić information content (AvgIpc) is 2.93. The molecule has 0 radical (unpaired) electrons. The van der Waals surface area contributed by atoms with Crippen LogP contribution in [0.5, 0.6) is 0 Å². The lowest BCUT2D eigenvalue weighted by Gasteiger charge is -2.27. The van der Waals surface area contributed by atoms with E-state index >= 15 is 0 Å². The number of hydrogen-bond acceptors (Lipinski definition) is 4. The van der Waals surface area contributed by atoms with Crippen LogP contribution in [0.3, 0.4) is 0 Å². The maximum Gasteiger partial charge on any atom is 0.305 e. The minimum absolute atomic E-state index is 0.00931. The van der Waals surface area contributed by atoms with Crippen LogP contribution in [0.15, 0.2) is 29.2 Å². The summed E-state index contributed by atoms with van der Waals surface area (Å²) in [6.45, 7) is 1.88. The minimum Gasteiger partial charge on any atom is -0.481 e. The standard InChI is InChI=1S/C15H19ClN2O5S/c1-10(15(21)18-8-2-3-12(18)9-14(19)20)17-24(22,23)13-6-4-11(16)5-7-13/h4-7,10,12,17H,2-3,8-9H2,1H3,(H,19,20). The number of carbonyl (C=O) groups excluding carboxylic acids is 1. The maximum absolute atomic E-state index is 12.5. The second kappa shape index (κ2) is 7.50. The Hall–Kier alpha value is -1.64. The van der Waals surface area contributed by atoms with Gasteiger partial charge in [-0.15, -0.1) is 0 Å². The molecule has 2 unspecified atom stereocenters. The number of carbonyl (C=O) groups is 2. The van der Waals surface area contributed by atoms with Crippen molar-refractivity contribution in [3.63, 3.8) is 0 Å². The van der Waals surface area contributed by atoms with Gasteiger partial charge in [-0.2, -0.15) is 4.72 Å². The van der Waals surface area contributed by atoms with Crippen molar-refractivity contribution in [2.75, 3.05) is 6.54 Å². The van der Waals surface area contributed by atoms with Crippen LogP contribution in [-0.2, 0) is 19.6 Å². The molecule has 0 saturated carbocycles. The van der Waals surface area contributed by atoms with Gasteiger partial charge in [0.2, 0.25) is 15.9 Å². The van der Waals surface area contributed by atoms with E-state index in [9.17, 15) is 18.0 Å². The van der Waals surface area contributed by atoms with Gasteiger partial charge in [0.25, 0.3) is 0 Å². The number of carboxylic acids is 1. The van der Waals surface area contributed by atoms with Crippen molar-refractivity contribution in [1.29, 1.82) is 0 Å². The van der Waals surface area contributed by atoms with Gasteiger partial charge >= 0.3 is 5.97 Å². The van der Waals surface area contributed by atoms with Crippen molar-refractivity contribution < 1.29 is 23.1 Å². The number of nitrogens with one attached hydrogen (secondary N) is 1. The fourth-order valence-electron chi connectivity index (χ4n) is 2.75. The molecule has 9 heteroatoms. The highest BCUT2D eigenvalue weighted by Crippen LogP contribution is 2.21. The maximum atomic E-state index is 12.5. The third-order valence-electron chi connectivity index (χ3n) is 3.90. The van der Waals surface area contributed by atoms with Gasteiger partial charge in [0, 0.05) is 17.6 Å². The number of amides is 1. The molecule has 1 aromatic carbocycles. The Bertz CT molecular complexity index is 720. The zero-order valence-electron chi connectivity index (χ0n) is 13.1. The molecule has 0 spiro atoms. The molecule has 132 valence electrons. The van der Waals surface area contributed by atoms with Crippen LogP contribution in [0.1, 0.15) is 26.2 Å². The first-order valence-corrected chi connectivity index (χ1v) is 9.37. The van der Waals surface area contributed by atoms with E-state index in [0.29, 0.717) is 24.4 Å². The number of sulfonamides is 1. The summed E-state index contributed by atoms with van der Waals surface area (Å²) in [6, 6.07) is 4.23. The molecule has 1 saturated heterocycles. The molecule has 0 bridgehead atoms. The first kappa shape index (κ1) is 18.7. The van der Waals surface area contributed by atoms with Crippen molar-refractivity contribution in [2.24, 2.45) is 0 Å². The quantitative estimate of drug-likeness (QED) is 0.784. The molecule has 1 heterocycles. The lowest BCUT2D eigenvalue weighted by Crippen LogP contribution is -2.48. The van der Waals surface area contributed by atoms with E-state index in [4.69, 9.17) is 16.7 Å². The third-order valence-corrected chi connectivity index (χ3v) is 5.71. The molecule has 1 amide bonds. The van der Waals surface area contributed by atoms with Gasteiger partial charge < -0.3 is 10.0 Å². The predicted octanol–water partition coefficient (Wildman–Crippen LogP) is 1.47. The third kappa shape index (κ3) is 4.46. The summed E-state index contributed by atoms with van der Waals surface area (Å²) in [5.41, 5.74) is 0. The van der Waals surface area contributed by atoms with Crippen LogP contribution < -0.4 is 4.72 Å². The highest BCUT2D eigenvalue weighted by atomic mass is 35.5. The van der Waals surface area contributed by atoms with Crippen LogP contribution in [0.4, 0.5) is 0 Å². The number of rotatable bonds is 6. The molecular weight excluding hydrogens is 356 g/mol. The highest BCUT2D eigenvalue weighted by molar-refractivity contribution is 7.89. The molecule has 24 heavy (non-hydrogen) atoms. The number of likely N-dealkylation sites (tertiary alicyclic amines) is 1. The number of aliphatic carboxylic acids is 1. The van der Waals surface area contributed by atoms with Crippen LogP contribution in [0.2, 0.25) is 5.02 Å². The lowest BCUT2D eigenvalue weighted by molar-refractivity contribution is -0.140. The molecule has 0 aliphatic carbocycles. The summed E-state index contributed by atoms with van der Waals surface area (Å²) in [5.74, 6) is -1.40. The monoisotopic (exact) mass is 374 g/mol. The Labute approximate surface area is 145 Å². The smallest absolute Gasteiger partial charge is 0.305 e. The van der Waals surface area contributed by atoms with Crippen LogP contribution in [0, 0.1) is 0 Å². The van der Waals surface area contributed by atoms with Crippen LogP contribution in [-0.4, -0.2) is 48.9 Å². The van der Waals surface area contributed by atoms with Crippen molar-refractivity contribution >= 4 is 33.5 Å². The molecule has 2 atom stereocenters. The number of nitrogens with zero attached hydrogens (tertiary/aromatic N) is 1. The molecule has 1 fully saturated rings. The number of benzene rings is 1. The SMILES string of the molecule is CC(NS(=O)(=O)c1ccc(Cl)cc1)C(=O)N1CCCC1CC(=O)O. The Kier molecular flexibility index (Phi) is 5.84. The second-order valence-electron chi connectivity index (χ2n) is 5.72. The van der Waals surface area contributed by atoms with Gasteiger partial charge in [-0.25, -0.2) is 8.42 Å². The fourth-order valence-corrected chi connectivity index (χ4v) is 4.08. The van der Waals surface area contributed by atoms with Crippen molar-refractivity contribution in [3.05, 3.63) is 29.3 Å². The normalized spacial score (nSPS) is 19.2. The van der Waals surface area contributed by atoms with E-state index in [1.54, 1.807) is 0 Å². The predicted molar refractivity (Wildman–Crippen MR) is 88.2 cm³/mol. The zero-order chi connectivity index (χ0) is 17.9. The summed E-state index contributed by atoms with van der Waals surface area (Å²) in [4.78, 5) is 24.8. The first-order chi connectivity index (χ1) is 11.2. The fraction of sp³-hybridized carbons (Fsp3) is 0.467. The Morgan fingerprint density at radius 1 is 1.38 bits per heavy atom. The molecular formula is C15H19ClN2O5S. The van der Waals surface area contributed by atoms with Gasteiger partial charge in [-0.3, -0.25) is 9.59 Å². The largest absolute Gasteiger partial charge is 0.481 e. The molecule has 1 aliphatic rings. The van der Waals surface area contributed by atoms with Crippen molar-refractivity contribution in [2.45, 2.75) is 43.2 Å². The Morgan fingerprint density at radius 2 is 2.00 bits per heavy atom. The van der Waals surface area contributed by atoms with Gasteiger partial charge in [-0.1, -0.05) is 11.6 Å². The van der Waals surface area contributed by atoms with Crippen molar-refractivity contribution in [1.82, 2.24) is 9.62 Å². The summed E-state index contributed by atoms with van der Waals surface area (Å²) < 4.78 is 27.0. The summed E-state index contributed by atoms with van der Waals surface area (Å²) in [5, 5.41) is 9.32. The van der Waals surface area contributed by atoms with Crippen LogP contribution >= 0.6 is 11.6 Å². The van der Waals surface area contributed by atoms with E-state index < -0.39 is 34.0 Å². The van der Waals surface area contributed by atoms with E-state index in [2.05, 4.69) is 4.72 Å². The molecule has 1 aromatic rings. The topological polar surface area (TPSA) is 104 Å². The molecule has 2 rings (SSSR count). The molecule has 1 aliphatic heterocycles. The number of hydrogen-bond donors (Lipinski definition) is 2. The zero-order valence-corrected chi connectivity index (χ0v) is 14.7. The van der Waals surface area contributed by atoms with Crippen LogP contribution in [0.25, 0.3) is 0 Å². The number of halogens is 1. The Morgan fingerprint density at radius 3 is 2.58 bits per heavy atom. The van der Waals surface area contributed by atoms with E-state index in [0.717, 1.165) is 0 Å². The molecule has 7 nitrogen and oxygen atoms in total. The van der Waals surface area contributed by atoms with Crippen molar-refractivity contribution in [3.8, 4) is 0 Å². The average molecular weight is 375 g/mol. The Balaban J connectivity index is 2.07. The van der Waals surface area contributed by atoms with Gasteiger partial charge in [0.05, 0.1) is 17.4 Å². The highest BCUT2D eigenvalue weighted by Gasteiger charge is 2.34. The molecule has 0 aromatic heterocycles. The van der Waals surface area contributed by atoms with E-state index in [1.807, 2.05) is 0 Å². The first-order valence-electron chi connectivity index (χ1n) is 7.51. The second-order valence-corrected chi connectivity index (χ2v) is 7.87. The van der Waals surface area contributed by atoms with Gasteiger partial charge in [-0.05, 0) is 44.0 Å². The number of carboxylic acid groups (broad SMARTS) is 1. The molecule has 2 N–H and O–H groups in total. The summed E-state index contributed by atoms with van der Waals surface area (Å²) in [6.07, 6.45) is 1.18. The lowest BCUT2D eigenvalue weighted by atomic mass is 10.1. The van der Waals surface area contributed by atoms with E-state index in [-0.39, 0.29) is 11.3 Å².